The predicted molar refractivity (Wildman–Crippen MR) is 95.9 cm³/mol. The van der Waals surface area contributed by atoms with Gasteiger partial charge in [0.15, 0.2) is 0 Å². The number of unbranched alkanes of at least 4 members (excludes halogenated alkanes) is 1. The second kappa shape index (κ2) is 8.66. The zero-order valence-electron chi connectivity index (χ0n) is 14.2. The molecule has 0 fully saturated rings. The van der Waals surface area contributed by atoms with E-state index in [1.54, 1.807) is 18.2 Å². The molecule has 0 atom stereocenters. The molecule has 0 N–H and O–H groups in total. The Labute approximate surface area is 156 Å². The Kier molecular flexibility index (Phi) is 6.80. The second-order valence-electron chi connectivity index (χ2n) is 5.94. The first-order chi connectivity index (χ1) is 12.2. The monoisotopic (exact) mass is 433 g/mol. The first-order valence-corrected chi connectivity index (χ1v) is 9.00. The van der Waals surface area contributed by atoms with Crippen LogP contribution in [0.5, 0.6) is 0 Å². The predicted octanol–water partition coefficient (Wildman–Crippen LogP) is 3.74. The summed E-state index contributed by atoms with van der Waals surface area (Å²) < 4.78 is 40.0. The normalized spacial score (nSPS) is 11.7. The molecule has 1 aromatic carbocycles. The number of hydrogen-bond donors (Lipinski definition) is 0. The summed E-state index contributed by atoms with van der Waals surface area (Å²) in [5.74, 6) is -0.628. The van der Waals surface area contributed by atoms with Gasteiger partial charge in [-0.3, -0.25) is 14.2 Å². The van der Waals surface area contributed by atoms with Crippen molar-refractivity contribution in [1.82, 2.24) is 14.5 Å². The number of halogens is 4. The van der Waals surface area contributed by atoms with E-state index in [0.29, 0.717) is 28.2 Å². The summed E-state index contributed by atoms with van der Waals surface area (Å²) in [7, 11) is 0. The van der Waals surface area contributed by atoms with Gasteiger partial charge in [-0.25, -0.2) is 4.98 Å². The lowest BCUT2D eigenvalue weighted by Gasteiger charge is -2.24. The molecule has 0 saturated heterocycles. The van der Waals surface area contributed by atoms with Gasteiger partial charge in [0.2, 0.25) is 5.91 Å². The highest BCUT2D eigenvalue weighted by molar-refractivity contribution is 9.10. The number of amides is 1. The van der Waals surface area contributed by atoms with E-state index < -0.39 is 18.6 Å². The first-order valence-electron chi connectivity index (χ1n) is 8.20. The van der Waals surface area contributed by atoms with Gasteiger partial charge in [0.1, 0.15) is 6.54 Å². The molecule has 9 heteroatoms. The molecule has 0 bridgehead atoms. The summed E-state index contributed by atoms with van der Waals surface area (Å²) in [6.07, 6.45) is -2.15. The smallest absolute Gasteiger partial charge is 0.334 e. The van der Waals surface area contributed by atoms with Crippen molar-refractivity contribution in [1.29, 1.82) is 0 Å². The molecular formula is C17H19BrF3N3O2. The minimum absolute atomic E-state index is 0.0202. The molecule has 2 rings (SSSR count). The lowest BCUT2D eigenvalue weighted by atomic mass is 10.2. The van der Waals surface area contributed by atoms with Gasteiger partial charge < -0.3 is 4.90 Å². The number of fused-ring (bicyclic) bond motifs is 1. The Hall–Kier alpha value is -1.90. The number of benzene rings is 1. The molecule has 0 aliphatic carbocycles. The number of hydrogen-bond acceptors (Lipinski definition) is 3. The van der Waals surface area contributed by atoms with Gasteiger partial charge in [0.25, 0.3) is 5.56 Å². The van der Waals surface area contributed by atoms with Crippen LogP contribution in [0, 0.1) is 0 Å². The maximum atomic E-state index is 12.7. The van der Waals surface area contributed by atoms with E-state index in [-0.39, 0.29) is 25.1 Å². The summed E-state index contributed by atoms with van der Waals surface area (Å²) in [6.45, 7) is 0.596. The minimum atomic E-state index is -4.45. The van der Waals surface area contributed by atoms with Crippen molar-refractivity contribution in [2.24, 2.45) is 0 Å². The summed E-state index contributed by atoms with van der Waals surface area (Å²) in [5.41, 5.74) is 0.183. The zero-order chi connectivity index (χ0) is 19.3. The fourth-order valence-electron chi connectivity index (χ4n) is 2.52. The fraction of sp³-hybridized carbons (Fsp3) is 0.471. The third kappa shape index (κ3) is 5.55. The van der Waals surface area contributed by atoms with Gasteiger partial charge in [-0.1, -0.05) is 29.3 Å². The Bertz CT molecular complexity index is 836. The van der Waals surface area contributed by atoms with Crippen molar-refractivity contribution in [2.45, 2.75) is 38.9 Å². The molecule has 5 nitrogen and oxygen atoms in total. The molecular weight excluding hydrogens is 415 g/mol. The van der Waals surface area contributed by atoms with E-state index in [4.69, 9.17) is 0 Å². The van der Waals surface area contributed by atoms with Crippen LogP contribution in [0.15, 0.2) is 33.8 Å². The molecule has 0 radical (unpaired) electrons. The van der Waals surface area contributed by atoms with E-state index in [1.807, 2.05) is 6.92 Å². The molecule has 26 heavy (non-hydrogen) atoms. The Balaban J connectivity index is 2.13. The average molecular weight is 434 g/mol. The van der Waals surface area contributed by atoms with Crippen LogP contribution in [0.4, 0.5) is 13.2 Å². The van der Waals surface area contributed by atoms with Crippen molar-refractivity contribution >= 4 is 32.7 Å². The summed E-state index contributed by atoms with van der Waals surface area (Å²) in [6, 6.07) is 5.07. The molecule has 2 aromatic rings. The van der Waals surface area contributed by atoms with Crippen LogP contribution >= 0.6 is 15.9 Å². The number of carbonyl (C=O) groups is 1. The highest BCUT2D eigenvalue weighted by atomic mass is 79.9. The molecule has 142 valence electrons. The lowest BCUT2D eigenvalue weighted by Crippen LogP contribution is -2.40. The quantitative estimate of drug-likeness (QED) is 0.668. The van der Waals surface area contributed by atoms with Crippen LogP contribution < -0.4 is 5.56 Å². The van der Waals surface area contributed by atoms with E-state index in [9.17, 15) is 22.8 Å². The van der Waals surface area contributed by atoms with Gasteiger partial charge in [-0.15, -0.1) is 0 Å². The number of alkyl halides is 3. The van der Waals surface area contributed by atoms with Crippen LogP contribution in [0.1, 0.15) is 26.2 Å². The number of aromatic nitrogens is 2. The van der Waals surface area contributed by atoms with Crippen LogP contribution in [-0.2, 0) is 11.3 Å². The largest absolute Gasteiger partial charge is 0.406 e. The number of aryl methyl sites for hydroxylation is 1. The number of rotatable bonds is 7. The van der Waals surface area contributed by atoms with E-state index in [1.165, 1.54) is 10.9 Å². The highest BCUT2D eigenvalue weighted by Gasteiger charge is 2.32. The molecule has 0 saturated carbocycles. The number of nitrogens with zero attached hydrogens (tertiary/aromatic N) is 3. The summed E-state index contributed by atoms with van der Waals surface area (Å²) in [4.78, 5) is 29.6. The molecule has 1 aromatic heterocycles. The van der Waals surface area contributed by atoms with Gasteiger partial charge in [-0.2, -0.15) is 13.2 Å². The van der Waals surface area contributed by atoms with Gasteiger partial charge in [0.05, 0.1) is 17.2 Å². The standard InChI is InChI=1S/C17H19BrF3N3O2/c1-2-3-7-23(10-17(19,20)21)15(25)6-8-24-11-22-14-5-4-12(18)9-13(14)16(24)26/h4-5,9,11H,2-3,6-8,10H2,1H3. The topological polar surface area (TPSA) is 55.2 Å². The highest BCUT2D eigenvalue weighted by Crippen LogP contribution is 2.18. The SMILES string of the molecule is CCCCN(CC(F)(F)F)C(=O)CCn1cnc2ccc(Br)cc2c1=O. The maximum absolute atomic E-state index is 12.7. The Morgan fingerprint density at radius 2 is 2.08 bits per heavy atom. The van der Waals surface area contributed by atoms with Crippen LogP contribution in [0.3, 0.4) is 0 Å². The van der Waals surface area contributed by atoms with Crippen molar-refractivity contribution in [3.05, 3.63) is 39.4 Å². The Morgan fingerprint density at radius 3 is 2.73 bits per heavy atom. The van der Waals surface area contributed by atoms with Crippen molar-refractivity contribution in [3.8, 4) is 0 Å². The van der Waals surface area contributed by atoms with E-state index in [2.05, 4.69) is 20.9 Å². The zero-order valence-corrected chi connectivity index (χ0v) is 15.8. The maximum Gasteiger partial charge on any atom is 0.406 e. The van der Waals surface area contributed by atoms with Crippen molar-refractivity contribution in [2.75, 3.05) is 13.1 Å². The molecule has 0 spiro atoms. The van der Waals surface area contributed by atoms with Crippen molar-refractivity contribution in [3.63, 3.8) is 0 Å². The third-order valence-electron chi connectivity index (χ3n) is 3.86. The summed E-state index contributed by atoms with van der Waals surface area (Å²) in [5, 5.41) is 0.382. The lowest BCUT2D eigenvalue weighted by molar-refractivity contribution is -0.161. The minimum Gasteiger partial charge on any atom is -0.334 e. The Morgan fingerprint density at radius 1 is 1.35 bits per heavy atom. The van der Waals surface area contributed by atoms with Crippen LogP contribution in [0.2, 0.25) is 0 Å². The molecule has 0 unspecified atom stereocenters. The van der Waals surface area contributed by atoms with E-state index >= 15 is 0 Å². The first kappa shape index (κ1) is 20.4. The fourth-order valence-corrected chi connectivity index (χ4v) is 2.88. The van der Waals surface area contributed by atoms with Gasteiger partial charge in [-0.05, 0) is 24.6 Å². The molecule has 1 heterocycles. The molecule has 0 aliphatic rings. The second-order valence-corrected chi connectivity index (χ2v) is 6.85. The third-order valence-corrected chi connectivity index (χ3v) is 4.35. The van der Waals surface area contributed by atoms with Crippen molar-refractivity contribution < 1.29 is 18.0 Å². The van der Waals surface area contributed by atoms with Crippen LogP contribution in [0.25, 0.3) is 10.9 Å². The molecule has 0 aliphatic heterocycles. The van der Waals surface area contributed by atoms with E-state index in [0.717, 1.165) is 4.90 Å². The number of carbonyl (C=O) groups excluding carboxylic acids is 1. The van der Waals surface area contributed by atoms with Gasteiger partial charge in [0, 0.05) is 24.0 Å². The van der Waals surface area contributed by atoms with Crippen LogP contribution in [-0.4, -0.2) is 39.6 Å². The molecule has 1 amide bonds. The van der Waals surface area contributed by atoms with Gasteiger partial charge >= 0.3 is 6.18 Å². The average Bonchev–Trinajstić information content (AvgIpc) is 2.57. The summed E-state index contributed by atoms with van der Waals surface area (Å²) >= 11 is 3.28.